The number of hydrogen-bond acceptors (Lipinski definition) is 3. The molecule has 0 aromatic carbocycles. The van der Waals surface area contributed by atoms with E-state index in [0.29, 0.717) is 13.5 Å². The second kappa shape index (κ2) is 1.35. The van der Waals surface area contributed by atoms with Gasteiger partial charge in [0.15, 0.2) is 6.79 Å². The van der Waals surface area contributed by atoms with Gasteiger partial charge in [0.05, 0.1) is 0 Å². The molecular formula is C2H5NO2. The van der Waals surface area contributed by atoms with Gasteiger partial charge < -0.3 is 4.74 Å². The molecule has 3 nitrogen and oxygen atoms in total. The lowest BCUT2D eigenvalue weighted by Gasteiger charge is -1.75. The Morgan fingerprint density at radius 3 is 2.80 bits per heavy atom. The lowest BCUT2D eigenvalue weighted by molar-refractivity contribution is 0.0402. The number of rotatable bonds is 0. The second-order valence-electron chi connectivity index (χ2n) is 0.755. The zero-order valence-electron chi connectivity index (χ0n) is 2.73. The van der Waals surface area contributed by atoms with Crippen LogP contribution in [0.5, 0.6) is 0 Å². The first kappa shape index (κ1) is 3.08. The van der Waals surface area contributed by atoms with E-state index in [-0.39, 0.29) is 0 Å². The molecule has 0 unspecified atom stereocenters. The fourth-order valence-corrected chi connectivity index (χ4v) is 0.208. The van der Waals surface area contributed by atoms with Gasteiger partial charge in [0.2, 0.25) is 0 Å². The van der Waals surface area contributed by atoms with E-state index < -0.39 is 0 Å². The van der Waals surface area contributed by atoms with Gasteiger partial charge in [-0.2, -0.15) is 5.48 Å². The molecular weight excluding hydrogens is 70.0 g/mol. The maximum atomic E-state index is 4.61. The van der Waals surface area contributed by atoms with Crippen LogP contribution in [0.2, 0.25) is 0 Å². The number of ether oxygens (including phenoxy) is 1. The predicted octanol–water partition coefficient (Wildman–Crippen LogP) is -0.547. The Morgan fingerprint density at radius 1 is 1.60 bits per heavy atom. The normalized spacial score (nSPS) is 24.0. The summed E-state index contributed by atoms with van der Waals surface area (Å²) in [6.07, 6.45) is 0. The minimum Gasteiger partial charge on any atom is -0.336 e. The van der Waals surface area contributed by atoms with Crippen LogP contribution in [0.25, 0.3) is 0 Å². The first-order valence-electron chi connectivity index (χ1n) is 1.42. The minimum absolute atomic E-state index is 0.389. The third kappa shape index (κ3) is 0.576. The molecule has 30 valence electrons. The molecule has 1 N–H and O–H groups in total. The van der Waals surface area contributed by atoms with Gasteiger partial charge in [-0.25, -0.2) is 0 Å². The van der Waals surface area contributed by atoms with Gasteiger partial charge in [-0.1, -0.05) is 0 Å². The van der Waals surface area contributed by atoms with Crippen molar-refractivity contribution < 1.29 is 9.57 Å². The van der Waals surface area contributed by atoms with E-state index in [1.165, 1.54) is 0 Å². The van der Waals surface area contributed by atoms with Gasteiger partial charge in [0, 0.05) is 0 Å². The fourth-order valence-electron chi connectivity index (χ4n) is 0.208. The van der Waals surface area contributed by atoms with Gasteiger partial charge in [-0.15, -0.1) is 0 Å². The van der Waals surface area contributed by atoms with Crippen LogP contribution in [0, 0.1) is 0 Å². The number of hydrogen-bond donors (Lipinski definition) is 1. The smallest absolute Gasteiger partial charge is 0.168 e. The summed E-state index contributed by atoms with van der Waals surface area (Å²) in [5.74, 6) is 0. The molecule has 0 aromatic rings. The van der Waals surface area contributed by atoms with E-state index in [2.05, 4.69) is 15.1 Å². The Hall–Kier alpha value is -0.120. The van der Waals surface area contributed by atoms with Crippen molar-refractivity contribution in [3.8, 4) is 0 Å². The third-order valence-corrected chi connectivity index (χ3v) is 0.405. The molecule has 1 aliphatic heterocycles. The predicted molar refractivity (Wildman–Crippen MR) is 15.0 cm³/mol. The maximum absolute atomic E-state index is 4.61. The summed E-state index contributed by atoms with van der Waals surface area (Å²) < 4.78 is 4.61. The van der Waals surface area contributed by atoms with Crippen molar-refractivity contribution in [2.75, 3.05) is 13.5 Å². The Balaban J connectivity index is 2.08. The maximum Gasteiger partial charge on any atom is 0.168 e. The summed E-state index contributed by atoms with van der Waals surface area (Å²) in [4.78, 5) is 4.47. The molecule has 0 spiro atoms. The second-order valence-corrected chi connectivity index (χ2v) is 0.755. The highest BCUT2D eigenvalue weighted by atomic mass is 16.8. The summed E-state index contributed by atoms with van der Waals surface area (Å²) in [5.41, 5.74) is 2.50. The van der Waals surface area contributed by atoms with Gasteiger partial charge in [0.25, 0.3) is 0 Å². The van der Waals surface area contributed by atoms with Gasteiger partial charge in [-0.05, 0) is 0 Å². The van der Waals surface area contributed by atoms with Crippen molar-refractivity contribution in [2.24, 2.45) is 0 Å². The molecule has 0 atom stereocenters. The topological polar surface area (TPSA) is 30.5 Å². The van der Waals surface area contributed by atoms with Crippen molar-refractivity contribution in [3.05, 3.63) is 0 Å². The standard InChI is InChI=1S/C2H5NO2/c1-3-5-2-4-1/h3H,1-2H2. The minimum atomic E-state index is 0.389. The van der Waals surface area contributed by atoms with E-state index in [9.17, 15) is 0 Å². The molecule has 3 heteroatoms. The Labute approximate surface area is 29.8 Å². The first-order chi connectivity index (χ1) is 2.50. The van der Waals surface area contributed by atoms with E-state index >= 15 is 0 Å². The number of hydroxylamine groups is 1. The highest BCUT2D eigenvalue weighted by Gasteiger charge is 1.92. The van der Waals surface area contributed by atoms with Crippen molar-refractivity contribution >= 4 is 0 Å². The van der Waals surface area contributed by atoms with Crippen LogP contribution < -0.4 is 5.48 Å². The molecule has 0 aromatic heterocycles. The van der Waals surface area contributed by atoms with Gasteiger partial charge in [-0.3, -0.25) is 4.84 Å². The number of nitrogens with one attached hydrogen (secondary N) is 1. The molecule has 0 radical (unpaired) electrons. The molecule has 0 saturated carbocycles. The van der Waals surface area contributed by atoms with Crippen LogP contribution in [0.1, 0.15) is 0 Å². The Kier molecular flexibility index (Phi) is 0.834. The lowest BCUT2D eigenvalue weighted by Crippen LogP contribution is -2.02. The Bertz CT molecular complexity index is 19.2. The zero-order chi connectivity index (χ0) is 3.54. The summed E-state index contributed by atoms with van der Waals surface area (Å²) in [7, 11) is 0. The van der Waals surface area contributed by atoms with Gasteiger partial charge >= 0.3 is 0 Å². The Morgan fingerprint density at radius 2 is 2.60 bits per heavy atom. The largest absolute Gasteiger partial charge is 0.336 e. The van der Waals surface area contributed by atoms with E-state index in [4.69, 9.17) is 0 Å². The molecule has 1 rings (SSSR count). The first-order valence-corrected chi connectivity index (χ1v) is 1.42. The zero-order valence-corrected chi connectivity index (χ0v) is 2.73. The fraction of sp³-hybridized carbons (Fsp3) is 1.00. The van der Waals surface area contributed by atoms with Crippen LogP contribution in [0.3, 0.4) is 0 Å². The summed E-state index contributed by atoms with van der Waals surface area (Å²) >= 11 is 0. The highest BCUT2D eigenvalue weighted by molar-refractivity contribution is 4.13. The van der Waals surface area contributed by atoms with Crippen LogP contribution in [-0.2, 0) is 9.57 Å². The molecule has 0 bridgehead atoms. The van der Waals surface area contributed by atoms with E-state index in [1.807, 2.05) is 0 Å². The quantitative estimate of drug-likeness (QED) is 0.419. The molecule has 1 fully saturated rings. The van der Waals surface area contributed by atoms with Crippen LogP contribution in [0.15, 0.2) is 0 Å². The molecule has 0 aliphatic carbocycles. The molecule has 1 heterocycles. The molecule has 1 saturated heterocycles. The third-order valence-electron chi connectivity index (χ3n) is 0.405. The van der Waals surface area contributed by atoms with Crippen LogP contribution in [-0.4, -0.2) is 13.5 Å². The van der Waals surface area contributed by atoms with Crippen molar-refractivity contribution in [2.45, 2.75) is 0 Å². The monoisotopic (exact) mass is 75.0 g/mol. The SMILES string of the molecule is C1NOCO1. The average Bonchev–Trinajstić information content (AvgIpc) is 1.76. The van der Waals surface area contributed by atoms with Crippen molar-refractivity contribution in [1.29, 1.82) is 0 Å². The van der Waals surface area contributed by atoms with Gasteiger partial charge in [0.1, 0.15) is 6.73 Å². The van der Waals surface area contributed by atoms with Crippen molar-refractivity contribution in [1.82, 2.24) is 5.48 Å². The van der Waals surface area contributed by atoms with Crippen LogP contribution >= 0.6 is 0 Å². The summed E-state index contributed by atoms with van der Waals surface area (Å²) in [5, 5.41) is 0. The lowest BCUT2D eigenvalue weighted by atomic mass is 11.3. The van der Waals surface area contributed by atoms with E-state index in [1.54, 1.807) is 0 Å². The highest BCUT2D eigenvalue weighted by Crippen LogP contribution is 1.77. The summed E-state index contributed by atoms with van der Waals surface area (Å²) in [6, 6.07) is 0. The molecule has 0 amide bonds. The van der Waals surface area contributed by atoms with Crippen molar-refractivity contribution in [3.63, 3.8) is 0 Å². The van der Waals surface area contributed by atoms with Crippen LogP contribution in [0.4, 0.5) is 0 Å². The van der Waals surface area contributed by atoms with E-state index in [0.717, 1.165) is 0 Å². The average molecular weight is 75.1 g/mol. The summed E-state index contributed by atoms with van der Waals surface area (Å²) in [6.45, 7) is 0.917. The molecule has 1 aliphatic rings. The molecule has 5 heavy (non-hydrogen) atoms.